The number of rotatable bonds is 5. The summed E-state index contributed by atoms with van der Waals surface area (Å²) in [6.45, 7) is 11.9. The van der Waals surface area contributed by atoms with Crippen LogP contribution in [0.15, 0.2) is 42.5 Å². The highest BCUT2D eigenvalue weighted by atomic mass is 35.5. The van der Waals surface area contributed by atoms with Gasteiger partial charge in [-0.25, -0.2) is 4.39 Å². The second-order valence-corrected chi connectivity index (χ2v) is 12.2. The van der Waals surface area contributed by atoms with Crippen LogP contribution in [0.25, 0.3) is 0 Å². The number of hydrogen-bond acceptors (Lipinski definition) is 4. The van der Waals surface area contributed by atoms with Gasteiger partial charge in [-0.05, 0) is 61.9 Å². The zero-order valence-electron chi connectivity index (χ0n) is 20.7. The highest BCUT2D eigenvalue weighted by molar-refractivity contribution is 6.31. The van der Waals surface area contributed by atoms with E-state index >= 15 is 4.39 Å². The van der Waals surface area contributed by atoms with Crippen LogP contribution in [0.4, 0.5) is 4.39 Å². The van der Waals surface area contributed by atoms with Gasteiger partial charge in [0.15, 0.2) is 0 Å². The van der Waals surface area contributed by atoms with E-state index in [2.05, 4.69) is 26.1 Å². The fourth-order valence-corrected chi connectivity index (χ4v) is 5.60. The molecule has 7 heteroatoms. The first-order chi connectivity index (χ1) is 15.7. The van der Waals surface area contributed by atoms with Gasteiger partial charge >= 0.3 is 5.97 Å². The summed E-state index contributed by atoms with van der Waals surface area (Å²) in [5.74, 6) is -1.44. The predicted octanol–water partition coefficient (Wildman–Crippen LogP) is 6.23. The monoisotopic (exact) mass is 508 g/mol. The molecular formula is C27H35Cl2FN2O2. The Hall–Kier alpha value is -1.66. The Morgan fingerprint density at radius 3 is 2.29 bits per heavy atom. The quantitative estimate of drug-likeness (QED) is 0.469. The first-order valence-electron chi connectivity index (χ1n) is 11.6. The lowest BCUT2D eigenvalue weighted by atomic mass is 9.62. The molecule has 4 nitrogen and oxygen atoms in total. The summed E-state index contributed by atoms with van der Waals surface area (Å²) in [5, 5.41) is 4.30. The molecule has 1 aliphatic heterocycles. The van der Waals surface area contributed by atoms with E-state index in [0.29, 0.717) is 22.0 Å². The largest absolute Gasteiger partial charge is 0.459 e. The van der Waals surface area contributed by atoms with Crippen molar-refractivity contribution in [1.82, 2.24) is 5.32 Å². The van der Waals surface area contributed by atoms with Crippen LogP contribution in [-0.2, 0) is 14.9 Å². The van der Waals surface area contributed by atoms with Crippen molar-refractivity contribution >= 4 is 29.2 Å². The van der Waals surface area contributed by atoms with Crippen LogP contribution in [0.5, 0.6) is 0 Å². The molecule has 1 aliphatic rings. The molecule has 0 bridgehead atoms. The van der Waals surface area contributed by atoms with Gasteiger partial charge in [0.05, 0.1) is 0 Å². The maximum Gasteiger partial charge on any atom is 0.324 e. The van der Waals surface area contributed by atoms with Crippen LogP contribution in [0.2, 0.25) is 10.0 Å². The Morgan fingerprint density at radius 2 is 1.76 bits per heavy atom. The lowest BCUT2D eigenvalue weighted by Gasteiger charge is -2.42. The summed E-state index contributed by atoms with van der Waals surface area (Å²) in [6.07, 6.45) is 0.645. The van der Waals surface area contributed by atoms with Gasteiger partial charge in [-0.15, -0.1) is 0 Å². The van der Waals surface area contributed by atoms with Crippen LogP contribution < -0.4 is 11.1 Å². The Kier molecular flexibility index (Phi) is 7.74. The second kappa shape index (κ2) is 9.77. The van der Waals surface area contributed by atoms with Gasteiger partial charge in [-0.1, -0.05) is 68.2 Å². The third kappa shape index (κ3) is 5.43. The zero-order valence-corrected chi connectivity index (χ0v) is 22.2. The molecule has 2 aromatic carbocycles. The summed E-state index contributed by atoms with van der Waals surface area (Å²) < 4.78 is 21.4. The van der Waals surface area contributed by atoms with Crippen molar-refractivity contribution in [3.8, 4) is 0 Å². The van der Waals surface area contributed by atoms with Crippen LogP contribution in [0.1, 0.15) is 65.0 Å². The van der Waals surface area contributed by atoms with Gasteiger partial charge in [0.25, 0.3) is 0 Å². The summed E-state index contributed by atoms with van der Waals surface area (Å²) in [5.41, 5.74) is 5.89. The van der Waals surface area contributed by atoms with Crippen molar-refractivity contribution in [2.75, 3.05) is 6.54 Å². The number of nitrogens with two attached hydrogens (primary N) is 1. The van der Waals surface area contributed by atoms with E-state index in [4.69, 9.17) is 33.7 Å². The van der Waals surface area contributed by atoms with E-state index in [9.17, 15) is 4.79 Å². The lowest BCUT2D eigenvalue weighted by molar-refractivity contribution is -0.157. The molecule has 0 aromatic heterocycles. The number of benzene rings is 2. The van der Waals surface area contributed by atoms with Gasteiger partial charge in [0.2, 0.25) is 0 Å². The molecular weight excluding hydrogens is 474 g/mol. The van der Waals surface area contributed by atoms with Crippen molar-refractivity contribution < 1.29 is 13.9 Å². The summed E-state index contributed by atoms with van der Waals surface area (Å²) in [6, 6.07) is 10.9. The lowest BCUT2D eigenvalue weighted by Crippen LogP contribution is -2.50. The standard InChI is InChI=1S/C27H35Cl2FN2O2/c1-25(2,3)14-21-27(15-31,18-12-11-16(28)13-20(18)30)22(17-9-7-8-10-19(17)29)23(32-21)24(33)34-26(4,5)6/h7-13,21-23,32H,14-15,31H2,1-6H3/t21-,22-,23+,27-/m0/s1. The van der Waals surface area contributed by atoms with E-state index in [1.807, 2.05) is 39.0 Å². The molecule has 1 heterocycles. The number of esters is 1. The Labute approximate surface area is 212 Å². The fourth-order valence-electron chi connectivity index (χ4n) is 5.18. The molecule has 1 saturated heterocycles. The molecule has 0 radical (unpaired) electrons. The first-order valence-corrected chi connectivity index (χ1v) is 12.3. The molecule has 0 aliphatic carbocycles. The van der Waals surface area contributed by atoms with Crippen molar-refractivity contribution in [3.63, 3.8) is 0 Å². The zero-order chi connectivity index (χ0) is 25.5. The Morgan fingerprint density at radius 1 is 1.12 bits per heavy atom. The molecule has 0 spiro atoms. The fraction of sp³-hybridized carbons (Fsp3) is 0.519. The van der Waals surface area contributed by atoms with Crippen molar-refractivity contribution in [2.24, 2.45) is 11.1 Å². The van der Waals surface area contributed by atoms with Gasteiger partial charge in [-0.3, -0.25) is 4.79 Å². The number of ether oxygens (including phenoxy) is 1. The molecule has 0 amide bonds. The molecule has 1 fully saturated rings. The Bertz CT molecular complexity index is 1050. The number of carbonyl (C=O) groups is 1. The average Bonchev–Trinajstić information content (AvgIpc) is 3.00. The van der Waals surface area contributed by atoms with Gasteiger partial charge in [0.1, 0.15) is 17.5 Å². The summed E-state index contributed by atoms with van der Waals surface area (Å²) in [7, 11) is 0. The van der Waals surface area contributed by atoms with E-state index in [1.165, 1.54) is 6.07 Å². The van der Waals surface area contributed by atoms with Crippen LogP contribution in [0.3, 0.4) is 0 Å². The van der Waals surface area contributed by atoms with Gasteiger partial charge < -0.3 is 15.8 Å². The maximum atomic E-state index is 15.6. The number of carbonyl (C=O) groups excluding carboxylic acids is 1. The molecule has 2 aromatic rings. The van der Waals surface area contributed by atoms with Crippen LogP contribution in [-0.4, -0.2) is 30.2 Å². The van der Waals surface area contributed by atoms with Gasteiger partial charge in [-0.2, -0.15) is 0 Å². The van der Waals surface area contributed by atoms with Crippen LogP contribution >= 0.6 is 23.2 Å². The molecule has 3 rings (SSSR count). The summed E-state index contributed by atoms with van der Waals surface area (Å²) in [4.78, 5) is 13.6. The highest BCUT2D eigenvalue weighted by Crippen LogP contribution is 2.53. The third-order valence-corrected chi connectivity index (χ3v) is 6.96. The predicted molar refractivity (Wildman–Crippen MR) is 137 cm³/mol. The third-order valence-electron chi connectivity index (χ3n) is 6.38. The molecule has 0 unspecified atom stereocenters. The SMILES string of the molecule is CC(C)(C)C[C@@H]1N[C@@H](C(=O)OC(C)(C)C)[C@H](c2ccccc2Cl)[C@@]1(CN)c1ccc(Cl)cc1F. The van der Waals surface area contributed by atoms with E-state index in [1.54, 1.807) is 18.2 Å². The number of nitrogens with one attached hydrogen (secondary N) is 1. The van der Waals surface area contributed by atoms with Gasteiger partial charge in [0, 0.05) is 34.0 Å². The minimum atomic E-state index is -0.978. The topological polar surface area (TPSA) is 64.3 Å². The van der Waals surface area contributed by atoms with E-state index in [-0.39, 0.29) is 18.0 Å². The molecule has 186 valence electrons. The van der Waals surface area contributed by atoms with Crippen LogP contribution in [0, 0.1) is 11.2 Å². The maximum absolute atomic E-state index is 15.6. The minimum Gasteiger partial charge on any atom is -0.459 e. The summed E-state index contributed by atoms with van der Waals surface area (Å²) >= 11 is 12.8. The minimum absolute atomic E-state index is 0.0918. The molecule has 3 N–H and O–H groups in total. The second-order valence-electron chi connectivity index (χ2n) is 11.4. The van der Waals surface area contributed by atoms with E-state index in [0.717, 1.165) is 5.56 Å². The number of halogens is 3. The van der Waals surface area contributed by atoms with E-state index < -0.39 is 34.8 Å². The van der Waals surface area contributed by atoms with Crippen molar-refractivity contribution in [3.05, 3.63) is 69.5 Å². The Balaban J connectivity index is 2.32. The smallest absolute Gasteiger partial charge is 0.324 e. The average molecular weight is 509 g/mol. The van der Waals surface area contributed by atoms with Crippen molar-refractivity contribution in [2.45, 2.75) is 77.0 Å². The molecule has 0 saturated carbocycles. The van der Waals surface area contributed by atoms with Crippen molar-refractivity contribution in [1.29, 1.82) is 0 Å². The normalized spacial score (nSPS) is 25.4. The highest BCUT2D eigenvalue weighted by Gasteiger charge is 2.60. The number of hydrogen-bond donors (Lipinski definition) is 2. The molecule has 34 heavy (non-hydrogen) atoms. The molecule has 4 atom stereocenters. The first kappa shape index (κ1) is 26.9.